The predicted octanol–water partition coefficient (Wildman–Crippen LogP) is 2.84. The van der Waals surface area contributed by atoms with Crippen LogP contribution in [0.4, 0.5) is 4.39 Å². The van der Waals surface area contributed by atoms with Gasteiger partial charge < -0.3 is 10.3 Å². The molecule has 0 atom stereocenters. The maximum Gasteiger partial charge on any atom is 0.140 e. The van der Waals surface area contributed by atoms with E-state index in [-0.39, 0.29) is 5.82 Å². The van der Waals surface area contributed by atoms with Gasteiger partial charge in [-0.1, -0.05) is 12.1 Å². The second-order valence-corrected chi connectivity index (χ2v) is 4.49. The van der Waals surface area contributed by atoms with E-state index < -0.39 is 0 Å². The number of aromatic nitrogens is 2. The molecule has 0 saturated carbocycles. The smallest absolute Gasteiger partial charge is 0.140 e. The number of benzene rings is 2. The first-order valence-corrected chi connectivity index (χ1v) is 6.11. The quantitative estimate of drug-likeness (QED) is 0.765. The summed E-state index contributed by atoms with van der Waals surface area (Å²) in [4.78, 5) is 4.64. The molecule has 3 nitrogen and oxygen atoms in total. The zero-order chi connectivity index (χ0) is 13.4. The van der Waals surface area contributed by atoms with E-state index in [0.29, 0.717) is 6.54 Å². The number of para-hydroxylation sites is 1. The minimum Gasteiger partial charge on any atom is -0.327 e. The summed E-state index contributed by atoms with van der Waals surface area (Å²) in [6.45, 7) is 0.456. The van der Waals surface area contributed by atoms with Crippen LogP contribution in [0.15, 0.2) is 42.5 Å². The van der Waals surface area contributed by atoms with Crippen LogP contribution in [0.25, 0.3) is 22.4 Å². The average molecular weight is 255 g/mol. The number of imidazole rings is 1. The van der Waals surface area contributed by atoms with Crippen molar-refractivity contribution in [2.24, 2.45) is 12.8 Å². The molecule has 1 aromatic heterocycles. The summed E-state index contributed by atoms with van der Waals surface area (Å²) >= 11 is 0. The number of fused-ring (bicyclic) bond motifs is 1. The number of hydrogen-bond donors (Lipinski definition) is 1. The molecule has 1 heterocycles. The minimum atomic E-state index is -0.245. The Balaban J connectivity index is 2.25. The van der Waals surface area contributed by atoms with Crippen molar-refractivity contribution in [1.82, 2.24) is 9.55 Å². The summed E-state index contributed by atoms with van der Waals surface area (Å²) in [5, 5.41) is 0. The van der Waals surface area contributed by atoms with Gasteiger partial charge in [0.1, 0.15) is 11.6 Å². The molecule has 0 spiro atoms. The summed E-state index contributed by atoms with van der Waals surface area (Å²) in [5.74, 6) is 0.570. The van der Waals surface area contributed by atoms with Crippen molar-refractivity contribution in [3.05, 3.63) is 53.8 Å². The topological polar surface area (TPSA) is 43.8 Å². The third-order valence-corrected chi connectivity index (χ3v) is 3.32. The highest BCUT2D eigenvalue weighted by Gasteiger charge is 2.11. The Kier molecular flexibility index (Phi) is 2.80. The first-order chi connectivity index (χ1) is 9.20. The zero-order valence-corrected chi connectivity index (χ0v) is 10.6. The molecule has 19 heavy (non-hydrogen) atoms. The van der Waals surface area contributed by atoms with E-state index in [1.165, 1.54) is 12.1 Å². The molecule has 0 radical (unpaired) electrons. The fourth-order valence-corrected chi connectivity index (χ4v) is 2.29. The van der Waals surface area contributed by atoms with E-state index in [1.54, 1.807) is 12.1 Å². The van der Waals surface area contributed by atoms with Crippen LogP contribution < -0.4 is 5.73 Å². The van der Waals surface area contributed by atoms with Crippen LogP contribution in [0.2, 0.25) is 0 Å². The predicted molar refractivity (Wildman–Crippen MR) is 74.0 cm³/mol. The molecule has 0 bridgehead atoms. The number of rotatable bonds is 2. The zero-order valence-electron chi connectivity index (χ0n) is 10.6. The lowest BCUT2D eigenvalue weighted by molar-refractivity contribution is 0.628. The molecule has 2 N–H and O–H groups in total. The van der Waals surface area contributed by atoms with Crippen molar-refractivity contribution >= 4 is 11.0 Å². The Hall–Kier alpha value is -2.20. The molecule has 0 aliphatic heterocycles. The highest BCUT2D eigenvalue weighted by atomic mass is 19.1. The van der Waals surface area contributed by atoms with Gasteiger partial charge >= 0.3 is 0 Å². The fourth-order valence-electron chi connectivity index (χ4n) is 2.29. The molecule has 4 heteroatoms. The largest absolute Gasteiger partial charge is 0.327 e. The molecule has 3 rings (SSSR count). The van der Waals surface area contributed by atoms with Gasteiger partial charge in [0.2, 0.25) is 0 Å². The third-order valence-electron chi connectivity index (χ3n) is 3.32. The molecule has 2 aromatic carbocycles. The van der Waals surface area contributed by atoms with Crippen molar-refractivity contribution in [1.29, 1.82) is 0 Å². The van der Waals surface area contributed by atoms with Crippen molar-refractivity contribution in [3.8, 4) is 11.4 Å². The van der Waals surface area contributed by atoms with Gasteiger partial charge in [0, 0.05) is 19.2 Å². The number of halogens is 1. The normalized spacial score (nSPS) is 11.1. The van der Waals surface area contributed by atoms with Gasteiger partial charge in [-0.2, -0.15) is 0 Å². The Morgan fingerprint density at radius 1 is 1.16 bits per heavy atom. The third kappa shape index (κ3) is 1.90. The highest BCUT2D eigenvalue weighted by molar-refractivity contribution is 5.83. The highest BCUT2D eigenvalue weighted by Crippen LogP contribution is 2.25. The van der Waals surface area contributed by atoms with E-state index in [4.69, 9.17) is 5.73 Å². The van der Waals surface area contributed by atoms with Gasteiger partial charge in [-0.25, -0.2) is 9.37 Å². The molecule has 0 saturated heterocycles. The standard InChI is InChI=1S/C15H14FN3/c1-19-13-4-2-3-11(9-17)14(13)18-15(19)10-5-7-12(16)8-6-10/h2-8H,9,17H2,1H3. The van der Waals surface area contributed by atoms with Gasteiger partial charge in [-0.05, 0) is 35.9 Å². The van der Waals surface area contributed by atoms with Crippen LogP contribution in [-0.4, -0.2) is 9.55 Å². The van der Waals surface area contributed by atoms with Gasteiger partial charge in [0.15, 0.2) is 0 Å². The first-order valence-electron chi connectivity index (χ1n) is 6.11. The van der Waals surface area contributed by atoms with Crippen LogP contribution in [0.3, 0.4) is 0 Å². The monoisotopic (exact) mass is 255 g/mol. The van der Waals surface area contributed by atoms with E-state index in [9.17, 15) is 4.39 Å². The van der Waals surface area contributed by atoms with Crippen LogP contribution in [0.5, 0.6) is 0 Å². The molecule has 96 valence electrons. The number of nitrogens with two attached hydrogens (primary N) is 1. The summed E-state index contributed by atoms with van der Waals surface area (Å²) < 4.78 is 15.0. The number of nitrogens with zero attached hydrogens (tertiary/aromatic N) is 2. The van der Waals surface area contributed by atoms with Crippen LogP contribution in [-0.2, 0) is 13.6 Å². The van der Waals surface area contributed by atoms with Crippen LogP contribution in [0.1, 0.15) is 5.56 Å². The van der Waals surface area contributed by atoms with Crippen molar-refractivity contribution < 1.29 is 4.39 Å². The van der Waals surface area contributed by atoms with Gasteiger partial charge in [-0.15, -0.1) is 0 Å². The molecule has 0 aliphatic carbocycles. The summed E-state index contributed by atoms with van der Waals surface area (Å²) in [6.07, 6.45) is 0. The lowest BCUT2D eigenvalue weighted by atomic mass is 10.2. The number of hydrogen-bond acceptors (Lipinski definition) is 2. The molecular formula is C15H14FN3. The second-order valence-electron chi connectivity index (χ2n) is 4.49. The maximum absolute atomic E-state index is 13.0. The molecule has 0 unspecified atom stereocenters. The molecule has 0 aliphatic rings. The Morgan fingerprint density at radius 2 is 1.89 bits per heavy atom. The van der Waals surface area contributed by atoms with Gasteiger partial charge in [-0.3, -0.25) is 0 Å². The van der Waals surface area contributed by atoms with Crippen LogP contribution >= 0.6 is 0 Å². The molecular weight excluding hydrogens is 241 g/mol. The molecule has 0 amide bonds. The minimum absolute atomic E-state index is 0.245. The lowest BCUT2D eigenvalue weighted by Crippen LogP contribution is -1.97. The Bertz CT molecular complexity index is 729. The van der Waals surface area contributed by atoms with Crippen molar-refractivity contribution in [2.75, 3.05) is 0 Å². The van der Waals surface area contributed by atoms with Crippen molar-refractivity contribution in [2.45, 2.75) is 6.54 Å². The summed E-state index contributed by atoms with van der Waals surface area (Å²) in [5.41, 5.74) is 9.58. The number of aryl methyl sites for hydroxylation is 1. The van der Waals surface area contributed by atoms with E-state index in [1.807, 2.05) is 29.8 Å². The Labute approximate surface area is 110 Å². The van der Waals surface area contributed by atoms with E-state index in [2.05, 4.69) is 4.98 Å². The summed E-state index contributed by atoms with van der Waals surface area (Å²) in [6, 6.07) is 12.3. The van der Waals surface area contributed by atoms with Gasteiger partial charge in [0.05, 0.1) is 11.0 Å². The molecule has 3 aromatic rings. The average Bonchev–Trinajstić information content (AvgIpc) is 2.77. The van der Waals surface area contributed by atoms with Crippen molar-refractivity contribution in [3.63, 3.8) is 0 Å². The fraction of sp³-hybridized carbons (Fsp3) is 0.133. The van der Waals surface area contributed by atoms with E-state index in [0.717, 1.165) is 28.0 Å². The second kappa shape index (κ2) is 4.48. The summed E-state index contributed by atoms with van der Waals surface area (Å²) in [7, 11) is 1.95. The first kappa shape index (κ1) is 11.9. The van der Waals surface area contributed by atoms with E-state index >= 15 is 0 Å². The molecule has 0 fully saturated rings. The van der Waals surface area contributed by atoms with Crippen LogP contribution in [0, 0.1) is 5.82 Å². The maximum atomic E-state index is 13.0. The SMILES string of the molecule is Cn1c(-c2ccc(F)cc2)nc2c(CN)cccc21. The lowest BCUT2D eigenvalue weighted by Gasteiger charge is -2.02. The van der Waals surface area contributed by atoms with Gasteiger partial charge in [0.25, 0.3) is 0 Å². The Morgan fingerprint density at radius 3 is 2.58 bits per heavy atom.